The van der Waals surface area contributed by atoms with Gasteiger partial charge in [-0.1, -0.05) is 38.5 Å². The van der Waals surface area contributed by atoms with Crippen LogP contribution in [-0.2, 0) is 20.1 Å². The molecular weight excluding hydrogens is 1000 g/mol. The first-order chi connectivity index (χ1) is 34.1. The van der Waals surface area contributed by atoms with Crippen molar-refractivity contribution >= 4 is 67.7 Å². The van der Waals surface area contributed by atoms with E-state index in [1.54, 1.807) is 193 Å². The summed E-state index contributed by atoms with van der Waals surface area (Å²) >= 11 is -1.82. The van der Waals surface area contributed by atoms with Crippen molar-refractivity contribution in [3.05, 3.63) is 90.5 Å². The average molecular weight is 1100 g/mol. The zero-order chi connectivity index (χ0) is 47.0. The minimum atomic E-state index is -1.82. The van der Waals surface area contributed by atoms with Crippen molar-refractivity contribution < 1.29 is 13.5 Å². The topological polar surface area (TPSA) is 4.93 Å². The number of fused-ring (bicyclic) bond motifs is 3. The van der Waals surface area contributed by atoms with E-state index in [1.165, 1.54) is 67.7 Å². The minimum absolute atomic E-state index is 0.0465. The van der Waals surface area contributed by atoms with Gasteiger partial charge in [0.05, 0.1) is 34.0 Å². The summed E-state index contributed by atoms with van der Waals surface area (Å²) in [5, 5.41) is 2.67. The van der Waals surface area contributed by atoms with E-state index in [1.807, 2.05) is 0 Å². The Hall–Kier alpha value is -0.867. The van der Waals surface area contributed by atoms with Crippen molar-refractivity contribution in [2.75, 3.05) is 0 Å². The molecule has 3 atom stereocenters. The van der Waals surface area contributed by atoms with Crippen molar-refractivity contribution in [2.45, 2.75) is 246 Å². The molecule has 1 aromatic heterocycles. The first kappa shape index (κ1) is 53.0. The maximum atomic E-state index is 6.34. The number of rotatable bonds is 11. The summed E-state index contributed by atoms with van der Waals surface area (Å²) in [6, 6.07) is 28.1. The van der Waals surface area contributed by atoms with Crippen LogP contribution < -0.4 is 0 Å². The third-order valence-corrected chi connectivity index (χ3v) is 30.3. The fourth-order valence-corrected chi connectivity index (χ4v) is 28.8. The molecular formula is C63H93Cl2NP2Ru+2. The number of benzene rings is 3. The van der Waals surface area contributed by atoms with E-state index in [0.717, 1.165) is 13.0 Å². The number of hydrogen-bond acceptors (Lipinski definition) is 0. The summed E-state index contributed by atoms with van der Waals surface area (Å²) in [6.07, 6.45) is 54.5. The van der Waals surface area contributed by atoms with Crippen molar-refractivity contribution in [1.82, 2.24) is 4.57 Å². The molecule has 0 spiro atoms. The van der Waals surface area contributed by atoms with Gasteiger partial charge in [-0.3, -0.25) is 0 Å². The molecule has 380 valence electrons. The molecule has 3 unspecified atom stereocenters. The first-order valence-corrected chi connectivity index (χ1v) is 38.3. The molecule has 7 saturated carbocycles. The molecule has 1 heterocycles. The van der Waals surface area contributed by atoms with Crippen molar-refractivity contribution in [3.8, 4) is 0 Å². The third kappa shape index (κ3) is 14.9. The zero-order valence-corrected chi connectivity index (χ0v) is 48.1. The SMILES string of the molecule is C1CCC([PH+](C2CCCCC2)C2CCCCC2)CC1.C1CCC([PH+](C2CCCCC2)C2CCCCC2)CC1.[Cl][Ru]([Cl])=[CH]C1CC(/C=C\c2ccccc2)CC1Cn1c2ccccc2c2ccccc21. The predicted molar refractivity (Wildman–Crippen MR) is 310 cm³/mol. The Balaban J connectivity index is 0.000000136. The summed E-state index contributed by atoms with van der Waals surface area (Å²) in [7, 11) is 12.6. The van der Waals surface area contributed by atoms with Crippen LogP contribution in [0.25, 0.3) is 27.9 Å². The number of aromatic nitrogens is 1. The van der Waals surface area contributed by atoms with Crippen LogP contribution in [0.2, 0.25) is 0 Å². The van der Waals surface area contributed by atoms with Crippen LogP contribution in [0, 0.1) is 17.8 Å². The molecule has 0 aliphatic heterocycles. The summed E-state index contributed by atoms with van der Waals surface area (Å²) in [5.41, 5.74) is 11.3. The van der Waals surface area contributed by atoms with E-state index in [2.05, 4.69) is 100 Å². The van der Waals surface area contributed by atoms with Crippen molar-refractivity contribution in [2.24, 2.45) is 17.8 Å². The van der Waals surface area contributed by atoms with Crippen LogP contribution in [0.4, 0.5) is 0 Å². The van der Waals surface area contributed by atoms with Gasteiger partial charge in [0.25, 0.3) is 0 Å². The monoisotopic (exact) mass is 1100 g/mol. The second-order valence-electron chi connectivity index (χ2n) is 23.4. The molecule has 3 aromatic carbocycles. The summed E-state index contributed by atoms with van der Waals surface area (Å²) < 4.78 is 4.79. The van der Waals surface area contributed by atoms with Crippen LogP contribution in [0.3, 0.4) is 0 Å². The number of halogens is 2. The molecule has 11 rings (SSSR count). The Kier molecular flexibility index (Phi) is 21.6. The number of hydrogen-bond donors (Lipinski definition) is 0. The molecule has 0 N–H and O–H groups in total. The van der Waals surface area contributed by atoms with E-state index in [0.29, 0.717) is 17.8 Å². The van der Waals surface area contributed by atoms with Gasteiger partial charge in [0, 0.05) is 15.8 Å². The zero-order valence-electron chi connectivity index (χ0n) is 42.8. The Bertz CT molecular complexity index is 1950. The molecule has 0 saturated heterocycles. The standard InChI is InChI=1S/C27H25N.2C18H33P.2ClH.Ru/c1-20-17-22(16-15-21-9-3-2-4-10-21)18-23(20)19-28-26-13-7-5-11-24(26)25-12-6-8-14-27(25)28;2*1-4-10-16(11-5-1)19(17-12-6-2-7-13-17)18-14-8-3-9-15-18;;;/h1-16,20,22-23H,17-19H2;2*16-18H,1-15H2;2*1H;/q;;;;;+2/b16-15-;;;;;. The van der Waals surface area contributed by atoms with Gasteiger partial charge < -0.3 is 0 Å². The molecule has 4 aromatic rings. The van der Waals surface area contributed by atoms with Gasteiger partial charge in [-0.15, -0.1) is 0 Å². The van der Waals surface area contributed by atoms with Crippen LogP contribution in [0.5, 0.6) is 0 Å². The van der Waals surface area contributed by atoms with Crippen LogP contribution in [-0.4, -0.2) is 43.1 Å². The van der Waals surface area contributed by atoms with Gasteiger partial charge in [-0.25, -0.2) is 0 Å². The Morgan fingerprint density at radius 2 is 0.783 bits per heavy atom. The van der Waals surface area contributed by atoms with Crippen LogP contribution in [0.1, 0.15) is 211 Å². The fourth-order valence-electron chi connectivity index (χ4n) is 15.7. The molecule has 0 bridgehead atoms. The Morgan fingerprint density at radius 1 is 0.435 bits per heavy atom. The molecule has 0 radical (unpaired) electrons. The van der Waals surface area contributed by atoms with E-state index < -0.39 is 13.5 Å². The summed E-state index contributed by atoms with van der Waals surface area (Å²) in [4.78, 5) is 0. The molecule has 7 aliphatic carbocycles. The van der Waals surface area contributed by atoms with Crippen molar-refractivity contribution in [3.63, 3.8) is 0 Å². The van der Waals surface area contributed by atoms with Gasteiger partial charge >= 0.3 is 198 Å². The predicted octanol–water partition coefficient (Wildman–Crippen LogP) is 20.3. The van der Waals surface area contributed by atoms with Gasteiger partial charge in [0.1, 0.15) is 0 Å². The quantitative estimate of drug-likeness (QED) is 0.104. The number of nitrogens with zero attached hydrogens (tertiary/aromatic N) is 1. The van der Waals surface area contributed by atoms with Crippen molar-refractivity contribution in [1.29, 1.82) is 0 Å². The normalized spacial score (nSPS) is 25.7. The third-order valence-electron chi connectivity index (χ3n) is 18.9. The second kappa shape index (κ2) is 28.1. The van der Waals surface area contributed by atoms with Crippen LogP contribution >= 0.6 is 35.2 Å². The maximum absolute atomic E-state index is 6.34. The van der Waals surface area contributed by atoms with Gasteiger partial charge in [-0.2, -0.15) is 0 Å². The molecule has 7 fully saturated rings. The molecule has 1 nitrogen and oxygen atoms in total. The Morgan fingerprint density at radius 3 is 1.14 bits per heavy atom. The van der Waals surface area contributed by atoms with E-state index >= 15 is 0 Å². The van der Waals surface area contributed by atoms with E-state index in [9.17, 15) is 0 Å². The van der Waals surface area contributed by atoms with E-state index in [4.69, 9.17) is 19.4 Å². The average Bonchev–Trinajstić information content (AvgIpc) is 3.95. The molecule has 69 heavy (non-hydrogen) atoms. The summed E-state index contributed by atoms with van der Waals surface area (Å²) in [5.74, 6) is 1.57. The molecule has 0 amide bonds. The molecule has 6 heteroatoms. The van der Waals surface area contributed by atoms with E-state index in [-0.39, 0.29) is 15.8 Å². The first-order valence-electron chi connectivity index (χ1n) is 29.3. The van der Waals surface area contributed by atoms with Crippen LogP contribution in [0.15, 0.2) is 84.9 Å². The number of para-hydroxylation sites is 2. The number of allylic oxidation sites excluding steroid dienone is 1. The summed E-state index contributed by atoms with van der Waals surface area (Å²) in [6.45, 7) is 1.00. The Labute approximate surface area is 436 Å². The second-order valence-corrected chi connectivity index (χ2v) is 36.1. The van der Waals surface area contributed by atoms with Gasteiger partial charge in [0.15, 0.2) is 0 Å². The molecule has 7 aliphatic rings. The fraction of sp³-hybridized carbons (Fsp3) is 0.667. The van der Waals surface area contributed by atoms with Gasteiger partial charge in [0.2, 0.25) is 0 Å². The van der Waals surface area contributed by atoms with Gasteiger partial charge in [-0.05, 0) is 154 Å².